The van der Waals surface area contributed by atoms with Gasteiger partial charge in [-0.1, -0.05) is 6.07 Å². The quantitative estimate of drug-likeness (QED) is 0.764. The van der Waals surface area contributed by atoms with Gasteiger partial charge in [-0.3, -0.25) is 9.59 Å². The molecule has 2 aliphatic rings. The van der Waals surface area contributed by atoms with Crippen molar-refractivity contribution in [2.24, 2.45) is 5.92 Å². The monoisotopic (exact) mass is 393 g/mol. The Morgan fingerprint density at radius 1 is 1.22 bits per heavy atom. The highest BCUT2D eigenvalue weighted by Gasteiger charge is 2.31. The van der Waals surface area contributed by atoms with E-state index in [-0.39, 0.29) is 28.7 Å². The van der Waals surface area contributed by atoms with E-state index in [0.29, 0.717) is 25.2 Å². The molecule has 1 atom stereocenters. The Bertz CT molecular complexity index is 833. The SMILES string of the molecule is CCNC(=O)[C@@H]1CCCN(C(=O)c2cc(S(=O)(=O)NC3CC3)ccc2C)C1. The number of amides is 2. The van der Waals surface area contributed by atoms with Gasteiger partial charge >= 0.3 is 0 Å². The van der Waals surface area contributed by atoms with Gasteiger partial charge in [-0.05, 0) is 57.2 Å². The molecule has 0 aromatic heterocycles. The first-order valence-corrected chi connectivity index (χ1v) is 11.0. The van der Waals surface area contributed by atoms with Crippen LogP contribution in [0.2, 0.25) is 0 Å². The van der Waals surface area contributed by atoms with Gasteiger partial charge in [0, 0.05) is 31.2 Å². The molecule has 2 fully saturated rings. The molecule has 8 heteroatoms. The number of benzene rings is 1. The molecule has 2 N–H and O–H groups in total. The normalized spacial score (nSPS) is 20.4. The summed E-state index contributed by atoms with van der Waals surface area (Å²) >= 11 is 0. The second-order valence-electron chi connectivity index (χ2n) is 7.36. The summed E-state index contributed by atoms with van der Waals surface area (Å²) in [6.45, 7) is 5.17. The fourth-order valence-corrected chi connectivity index (χ4v) is 4.68. The van der Waals surface area contributed by atoms with Gasteiger partial charge in [0.1, 0.15) is 0 Å². The molecule has 1 saturated heterocycles. The molecule has 7 nitrogen and oxygen atoms in total. The van der Waals surface area contributed by atoms with Crippen LogP contribution in [0.3, 0.4) is 0 Å². The fourth-order valence-electron chi connectivity index (χ4n) is 3.35. The van der Waals surface area contributed by atoms with Crippen LogP contribution in [0, 0.1) is 12.8 Å². The number of nitrogens with one attached hydrogen (secondary N) is 2. The third-order valence-electron chi connectivity index (χ3n) is 5.08. The van der Waals surface area contributed by atoms with Gasteiger partial charge in [0.2, 0.25) is 15.9 Å². The maximum absolute atomic E-state index is 13.0. The molecule has 3 rings (SSSR count). The zero-order chi connectivity index (χ0) is 19.6. The van der Waals surface area contributed by atoms with Crippen molar-refractivity contribution < 1.29 is 18.0 Å². The van der Waals surface area contributed by atoms with Crippen molar-refractivity contribution in [1.82, 2.24) is 14.9 Å². The lowest BCUT2D eigenvalue weighted by atomic mass is 9.96. The zero-order valence-corrected chi connectivity index (χ0v) is 16.6. The van der Waals surface area contributed by atoms with Crippen LogP contribution in [0.15, 0.2) is 23.1 Å². The summed E-state index contributed by atoms with van der Waals surface area (Å²) in [7, 11) is -3.62. The van der Waals surface area contributed by atoms with Crippen molar-refractivity contribution in [2.75, 3.05) is 19.6 Å². The predicted molar refractivity (Wildman–Crippen MR) is 102 cm³/mol. The molecule has 1 aromatic rings. The summed E-state index contributed by atoms with van der Waals surface area (Å²) in [5.74, 6) is -0.465. The number of carbonyl (C=O) groups excluding carboxylic acids is 2. The van der Waals surface area contributed by atoms with E-state index in [1.54, 1.807) is 17.9 Å². The van der Waals surface area contributed by atoms with E-state index < -0.39 is 10.0 Å². The van der Waals surface area contributed by atoms with Crippen LogP contribution in [0.4, 0.5) is 0 Å². The molecule has 1 saturated carbocycles. The average Bonchev–Trinajstić information content (AvgIpc) is 3.45. The third-order valence-corrected chi connectivity index (χ3v) is 6.60. The molecule has 1 heterocycles. The molecule has 1 aliphatic heterocycles. The second-order valence-corrected chi connectivity index (χ2v) is 9.07. The lowest BCUT2D eigenvalue weighted by Gasteiger charge is -2.32. The summed E-state index contributed by atoms with van der Waals surface area (Å²) in [6, 6.07) is 4.66. The van der Waals surface area contributed by atoms with Crippen LogP contribution in [0.5, 0.6) is 0 Å². The van der Waals surface area contributed by atoms with Gasteiger partial charge in [-0.15, -0.1) is 0 Å². The standard InChI is InChI=1S/C19H27N3O4S/c1-3-20-18(23)14-5-4-10-22(12-14)19(24)17-11-16(9-6-13(17)2)27(25,26)21-15-7-8-15/h6,9,11,14-15,21H,3-5,7-8,10,12H2,1-2H3,(H,20,23)/t14-/m1/s1. The predicted octanol–water partition coefficient (Wildman–Crippen LogP) is 1.42. The smallest absolute Gasteiger partial charge is 0.254 e. The minimum absolute atomic E-state index is 0.00962. The number of aryl methyl sites for hydroxylation is 1. The summed E-state index contributed by atoms with van der Waals surface area (Å²) in [5, 5.41) is 2.81. The van der Waals surface area contributed by atoms with Gasteiger partial charge in [0.05, 0.1) is 10.8 Å². The maximum Gasteiger partial charge on any atom is 0.254 e. The van der Waals surface area contributed by atoms with E-state index in [4.69, 9.17) is 0 Å². The van der Waals surface area contributed by atoms with E-state index in [9.17, 15) is 18.0 Å². The van der Waals surface area contributed by atoms with E-state index in [0.717, 1.165) is 31.2 Å². The molecule has 148 valence electrons. The van der Waals surface area contributed by atoms with Gasteiger partial charge in [0.15, 0.2) is 0 Å². The Balaban J connectivity index is 1.79. The molecular formula is C19H27N3O4S. The largest absolute Gasteiger partial charge is 0.356 e. The van der Waals surface area contributed by atoms with E-state index in [2.05, 4.69) is 10.0 Å². The van der Waals surface area contributed by atoms with Crippen LogP contribution in [0.1, 0.15) is 48.5 Å². The topological polar surface area (TPSA) is 95.6 Å². The minimum Gasteiger partial charge on any atom is -0.356 e. The molecule has 27 heavy (non-hydrogen) atoms. The Kier molecular flexibility index (Phi) is 5.86. The van der Waals surface area contributed by atoms with Crippen LogP contribution >= 0.6 is 0 Å². The highest BCUT2D eigenvalue weighted by Crippen LogP contribution is 2.25. The Hall–Kier alpha value is -1.93. The van der Waals surface area contributed by atoms with Crippen LogP contribution in [-0.4, -0.2) is 50.8 Å². The number of carbonyl (C=O) groups is 2. The summed E-state index contributed by atoms with van der Waals surface area (Å²) < 4.78 is 27.6. The molecular weight excluding hydrogens is 366 g/mol. The van der Waals surface area contributed by atoms with Gasteiger partial charge < -0.3 is 10.2 Å². The van der Waals surface area contributed by atoms with Crippen molar-refractivity contribution in [3.63, 3.8) is 0 Å². The van der Waals surface area contributed by atoms with Gasteiger partial charge in [-0.2, -0.15) is 0 Å². The van der Waals surface area contributed by atoms with Crippen molar-refractivity contribution in [3.8, 4) is 0 Å². The molecule has 0 unspecified atom stereocenters. The molecule has 0 bridgehead atoms. The van der Waals surface area contributed by atoms with E-state index in [1.807, 2.05) is 6.92 Å². The van der Waals surface area contributed by atoms with Crippen molar-refractivity contribution in [3.05, 3.63) is 29.3 Å². The number of hydrogen-bond donors (Lipinski definition) is 2. The first-order valence-electron chi connectivity index (χ1n) is 9.51. The van der Waals surface area contributed by atoms with Gasteiger partial charge in [0.25, 0.3) is 5.91 Å². The number of piperidine rings is 1. The van der Waals surface area contributed by atoms with Crippen molar-refractivity contribution in [1.29, 1.82) is 0 Å². The van der Waals surface area contributed by atoms with Crippen LogP contribution < -0.4 is 10.0 Å². The van der Waals surface area contributed by atoms with E-state index >= 15 is 0 Å². The minimum atomic E-state index is -3.62. The van der Waals surface area contributed by atoms with Crippen molar-refractivity contribution in [2.45, 2.75) is 50.5 Å². The molecule has 1 aromatic carbocycles. The first kappa shape index (κ1) is 19.8. The number of hydrogen-bond acceptors (Lipinski definition) is 4. The number of nitrogens with zero attached hydrogens (tertiary/aromatic N) is 1. The lowest BCUT2D eigenvalue weighted by Crippen LogP contribution is -2.45. The van der Waals surface area contributed by atoms with Crippen molar-refractivity contribution >= 4 is 21.8 Å². The zero-order valence-electron chi connectivity index (χ0n) is 15.8. The number of likely N-dealkylation sites (tertiary alicyclic amines) is 1. The maximum atomic E-state index is 13.0. The average molecular weight is 394 g/mol. The summed E-state index contributed by atoms with van der Waals surface area (Å²) in [4.78, 5) is 26.9. The summed E-state index contributed by atoms with van der Waals surface area (Å²) in [6.07, 6.45) is 3.22. The molecule has 2 amide bonds. The molecule has 0 radical (unpaired) electrons. The van der Waals surface area contributed by atoms with Crippen LogP contribution in [-0.2, 0) is 14.8 Å². The Labute approximate surface area is 160 Å². The van der Waals surface area contributed by atoms with Gasteiger partial charge in [-0.25, -0.2) is 13.1 Å². The van der Waals surface area contributed by atoms with E-state index in [1.165, 1.54) is 12.1 Å². The Morgan fingerprint density at radius 2 is 1.96 bits per heavy atom. The second kappa shape index (κ2) is 7.98. The number of rotatable bonds is 6. The highest BCUT2D eigenvalue weighted by molar-refractivity contribution is 7.89. The lowest BCUT2D eigenvalue weighted by molar-refractivity contribution is -0.126. The van der Waals surface area contributed by atoms with Crippen LogP contribution in [0.25, 0.3) is 0 Å². The molecule has 1 aliphatic carbocycles. The Morgan fingerprint density at radius 3 is 2.63 bits per heavy atom. The number of sulfonamides is 1. The summed E-state index contributed by atoms with van der Waals surface area (Å²) in [5.41, 5.74) is 1.11. The first-order chi connectivity index (χ1) is 12.8. The highest BCUT2D eigenvalue weighted by atomic mass is 32.2. The molecule has 0 spiro atoms. The fraction of sp³-hybridized carbons (Fsp3) is 0.579. The third kappa shape index (κ3) is 4.68.